The van der Waals surface area contributed by atoms with E-state index in [9.17, 15) is 9.18 Å². The third-order valence-corrected chi connectivity index (χ3v) is 4.39. The van der Waals surface area contributed by atoms with Crippen molar-refractivity contribution >= 4 is 16.6 Å². The van der Waals surface area contributed by atoms with Crippen LogP contribution in [0.2, 0.25) is 0 Å². The zero-order chi connectivity index (χ0) is 19.1. The van der Waals surface area contributed by atoms with E-state index in [1.807, 2.05) is 0 Å². The van der Waals surface area contributed by atoms with Crippen molar-refractivity contribution in [3.63, 3.8) is 0 Å². The molecule has 0 aliphatic rings. The summed E-state index contributed by atoms with van der Waals surface area (Å²) in [4.78, 5) is 17.4. The van der Waals surface area contributed by atoms with E-state index in [0.29, 0.717) is 39.4 Å². The van der Waals surface area contributed by atoms with E-state index in [0.717, 1.165) is 0 Å². The number of aryl methyl sites for hydroxylation is 1. The van der Waals surface area contributed by atoms with Crippen LogP contribution in [0.25, 0.3) is 16.6 Å². The standard InChI is InChI=1S/C19H17FN4O3/c1-11-21-18-14-8-16(26-2)17(27-3)9-15(14)23(19(25)24(18)22-11)10-12-5-4-6-13(20)7-12/h4-9H,10H2,1-3H3. The Hall–Kier alpha value is -3.42. The second kappa shape index (κ2) is 6.39. The van der Waals surface area contributed by atoms with Gasteiger partial charge in [0.05, 0.1) is 26.3 Å². The second-order valence-corrected chi connectivity index (χ2v) is 6.12. The maximum absolute atomic E-state index is 13.6. The van der Waals surface area contributed by atoms with Crippen molar-refractivity contribution in [2.24, 2.45) is 0 Å². The topological polar surface area (TPSA) is 70.7 Å². The minimum absolute atomic E-state index is 0.178. The summed E-state index contributed by atoms with van der Waals surface area (Å²) >= 11 is 0. The third-order valence-electron chi connectivity index (χ3n) is 4.39. The number of ether oxygens (including phenoxy) is 2. The molecule has 0 aliphatic heterocycles. The molecule has 4 rings (SSSR count). The van der Waals surface area contributed by atoms with Gasteiger partial charge in [-0.1, -0.05) is 12.1 Å². The fourth-order valence-corrected chi connectivity index (χ4v) is 3.18. The molecule has 27 heavy (non-hydrogen) atoms. The normalized spacial score (nSPS) is 11.3. The second-order valence-electron chi connectivity index (χ2n) is 6.12. The number of benzene rings is 2. The molecular weight excluding hydrogens is 351 g/mol. The van der Waals surface area contributed by atoms with Gasteiger partial charge in [0, 0.05) is 11.5 Å². The van der Waals surface area contributed by atoms with Crippen LogP contribution in [0.4, 0.5) is 4.39 Å². The summed E-state index contributed by atoms with van der Waals surface area (Å²) < 4.78 is 27.1. The van der Waals surface area contributed by atoms with Gasteiger partial charge in [0.25, 0.3) is 0 Å². The maximum atomic E-state index is 13.6. The number of nitrogens with zero attached hydrogens (tertiary/aromatic N) is 4. The predicted octanol–water partition coefficient (Wildman–Crippen LogP) is 2.56. The molecule has 0 saturated carbocycles. The highest BCUT2D eigenvalue weighted by Crippen LogP contribution is 2.33. The number of aromatic nitrogens is 4. The average molecular weight is 368 g/mol. The monoisotopic (exact) mass is 368 g/mol. The molecule has 0 spiro atoms. The lowest BCUT2D eigenvalue weighted by Gasteiger charge is -2.14. The zero-order valence-corrected chi connectivity index (χ0v) is 15.1. The van der Waals surface area contributed by atoms with Crippen LogP contribution in [-0.4, -0.2) is 33.4 Å². The largest absolute Gasteiger partial charge is 0.493 e. The lowest BCUT2D eigenvalue weighted by molar-refractivity contribution is 0.355. The van der Waals surface area contributed by atoms with Gasteiger partial charge in [-0.2, -0.15) is 4.52 Å². The quantitative estimate of drug-likeness (QED) is 0.554. The number of hydrogen-bond acceptors (Lipinski definition) is 5. The number of hydrogen-bond donors (Lipinski definition) is 0. The van der Waals surface area contributed by atoms with E-state index < -0.39 is 0 Å². The van der Waals surface area contributed by atoms with Crippen LogP contribution in [0, 0.1) is 12.7 Å². The molecule has 0 fully saturated rings. The van der Waals surface area contributed by atoms with Crippen molar-refractivity contribution < 1.29 is 13.9 Å². The van der Waals surface area contributed by atoms with E-state index in [4.69, 9.17) is 9.47 Å². The highest BCUT2D eigenvalue weighted by Gasteiger charge is 2.17. The van der Waals surface area contributed by atoms with Crippen molar-refractivity contribution in [1.82, 2.24) is 19.2 Å². The van der Waals surface area contributed by atoms with Gasteiger partial charge < -0.3 is 9.47 Å². The molecule has 0 radical (unpaired) electrons. The first-order valence-corrected chi connectivity index (χ1v) is 8.28. The van der Waals surface area contributed by atoms with E-state index in [1.165, 1.54) is 28.3 Å². The number of fused-ring (bicyclic) bond motifs is 3. The summed E-state index contributed by atoms with van der Waals surface area (Å²) in [6, 6.07) is 9.62. The van der Waals surface area contributed by atoms with Gasteiger partial charge in [0.2, 0.25) is 0 Å². The summed E-state index contributed by atoms with van der Waals surface area (Å²) in [6.07, 6.45) is 0. The lowest BCUT2D eigenvalue weighted by Crippen LogP contribution is -2.28. The van der Waals surface area contributed by atoms with Crippen molar-refractivity contribution in [3.05, 3.63) is 64.1 Å². The highest BCUT2D eigenvalue weighted by atomic mass is 19.1. The molecule has 0 amide bonds. The molecule has 8 heteroatoms. The van der Waals surface area contributed by atoms with Gasteiger partial charge in [-0.3, -0.25) is 4.57 Å². The Bertz CT molecular complexity index is 1230. The van der Waals surface area contributed by atoms with Crippen molar-refractivity contribution in [3.8, 4) is 11.5 Å². The van der Waals surface area contributed by atoms with Crippen LogP contribution >= 0.6 is 0 Å². The van der Waals surface area contributed by atoms with E-state index in [1.54, 1.807) is 38.3 Å². The summed E-state index contributed by atoms with van der Waals surface area (Å²) in [5.41, 5.74) is 1.32. The van der Waals surface area contributed by atoms with Gasteiger partial charge in [-0.15, -0.1) is 5.10 Å². The van der Waals surface area contributed by atoms with Gasteiger partial charge >= 0.3 is 5.69 Å². The molecule has 0 N–H and O–H groups in total. The van der Waals surface area contributed by atoms with Crippen LogP contribution in [0.1, 0.15) is 11.4 Å². The van der Waals surface area contributed by atoms with Crippen LogP contribution in [0.5, 0.6) is 11.5 Å². The summed E-state index contributed by atoms with van der Waals surface area (Å²) in [7, 11) is 3.07. The highest BCUT2D eigenvalue weighted by molar-refractivity contribution is 5.94. The van der Waals surface area contributed by atoms with Gasteiger partial charge in [0.1, 0.15) is 11.6 Å². The molecule has 0 atom stereocenters. The Kier molecular flexibility index (Phi) is 4.02. The molecule has 0 saturated heterocycles. The lowest BCUT2D eigenvalue weighted by atomic mass is 10.1. The minimum atomic E-state index is -0.366. The first-order chi connectivity index (χ1) is 13.0. The van der Waals surface area contributed by atoms with Crippen LogP contribution in [0.15, 0.2) is 41.2 Å². The van der Waals surface area contributed by atoms with E-state index in [2.05, 4.69) is 10.1 Å². The molecule has 4 aromatic rings. The average Bonchev–Trinajstić information content (AvgIpc) is 3.06. The number of methoxy groups -OCH3 is 2. The smallest absolute Gasteiger partial charge is 0.351 e. The zero-order valence-electron chi connectivity index (χ0n) is 15.1. The molecule has 138 valence electrons. The molecule has 0 bridgehead atoms. The van der Waals surface area contributed by atoms with Crippen LogP contribution in [-0.2, 0) is 6.54 Å². The van der Waals surface area contributed by atoms with Crippen molar-refractivity contribution in [2.45, 2.75) is 13.5 Å². The molecule has 7 nitrogen and oxygen atoms in total. The fraction of sp³-hybridized carbons (Fsp3) is 0.211. The van der Waals surface area contributed by atoms with E-state index >= 15 is 0 Å². The Morgan fingerprint density at radius 1 is 1.11 bits per heavy atom. The molecular formula is C19H17FN4O3. The Morgan fingerprint density at radius 2 is 1.85 bits per heavy atom. The van der Waals surface area contributed by atoms with Crippen LogP contribution in [0.3, 0.4) is 0 Å². The van der Waals surface area contributed by atoms with Gasteiger partial charge in [-0.25, -0.2) is 14.2 Å². The molecule has 0 unspecified atom stereocenters. The first-order valence-electron chi connectivity index (χ1n) is 8.28. The minimum Gasteiger partial charge on any atom is -0.493 e. The Morgan fingerprint density at radius 3 is 2.56 bits per heavy atom. The van der Waals surface area contributed by atoms with Crippen molar-refractivity contribution in [2.75, 3.05) is 14.2 Å². The first kappa shape index (κ1) is 17.0. The SMILES string of the molecule is COc1cc2c(cc1OC)n(Cc1cccc(F)c1)c(=O)n1nc(C)nc21. The molecule has 0 aliphatic carbocycles. The van der Waals surface area contributed by atoms with Crippen molar-refractivity contribution in [1.29, 1.82) is 0 Å². The maximum Gasteiger partial charge on any atom is 0.351 e. The Labute approximate surface area is 153 Å². The summed E-state index contributed by atoms with van der Waals surface area (Å²) in [5.74, 6) is 1.12. The Balaban J connectivity index is 2.08. The number of halogens is 1. The molecule has 2 aromatic carbocycles. The summed E-state index contributed by atoms with van der Waals surface area (Å²) in [5, 5.41) is 4.89. The van der Waals surface area contributed by atoms with Gasteiger partial charge in [0.15, 0.2) is 17.1 Å². The predicted molar refractivity (Wildman–Crippen MR) is 98.1 cm³/mol. The van der Waals surface area contributed by atoms with Gasteiger partial charge in [-0.05, 0) is 30.7 Å². The summed E-state index contributed by atoms with van der Waals surface area (Å²) in [6.45, 7) is 1.90. The number of rotatable bonds is 4. The van der Waals surface area contributed by atoms with Crippen LogP contribution < -0.4 is 15.2 Å². The van der Waals surface area contributed by atoms with E-state index in [-0.39, 0.29) is 18.1 Å². The molecule has 2 aromatic heterocycles. The molecule has 2 heterocycles. The fourth-order valence-electron chi connectivity index (χ4n) is 3.18. The third kappa shape index (κ3) is 2.79.